The number of hydrogen-bond donors (Lipinski definition) is 2. The predicted molar refractivity (Wildman–Crippen MR) is 165 cm³/mol. The molecule has 2 aromatic carbocycles. The van der Waals surface area contributed by atoms with Gasteiger partial charge in [0.05, 0.1) is 13.2 Å². The molecule has 0 unspecified atom stereocenters. The fraction of sp³-hybridized carbons (Fsp3) is 0.419. The van der Waals surface area contributed by atoms with Crippen LogP contribution in [0.15, 0.2) is 59.0 Å². The second-order valence-corrected chi connectivity index (χ2v) is 12.1. The van der Waals surface area contributed by atoms with Crippen molar-refractivity contribution in [3.05, 3.63) is 82.8 Å². The molecule has 0 radical (unpaired) electrons. The number of thioether (sulfide) groups is 2. The van der Waals surface area contributed by atoms with E-state index in [1.165, 1.54) is 0 Å². The first-order valence-corrected chi connectivity index (χ1v) is 15.9. The number of nitrogens with one attached hydrogen (secondary N) is 1. The summed E-state index contributed by atoms with van der Waals surface area (Å²) in [7, 11) is 4.01. The molecule has 2 N–H and O–H groups in total. The SMILES string of the molecule is CCSC[C@@H](OCc1ccc(C(=O)N[C@@H](CCSC)C(=O)O)c(-c2ccccc2C)c1)c1ccc(CN(C)C)o1. The van der Waals surface area contributed by atoms with Crippen molar-refractivity contribution in [1.29, 1.82) is 0 Å². The highest BCUT2D eigenvalue weighted by Gasteiger charge is 2.23. The van der Waals surface area contributed by atoms with Gasteiger partial charge >= 0.3 is 5.97 Å². The van der Waals surface area contributed by atoms with E-state index in [0.717, 1.165) is 51.8 Å². The summed E-state index contributed by atoms with van der Waals surface area (Å²) < 4.78 is 12.5. The number of nitrogens with zero attached hydrogens (tertiary/aromatic N) is 1. The molecule has 0 bridgehead atoms. The van der Waals surface area contributed by atoms with Crippen LogP contribution in [0.2, 0.25) is 0 Å². The van der Waals surface area contributed by atoms with Crippen LogP contribution in [-0.4, -0.2) is 65.5 Å². The Bertz CT molecular complexity index is 1260. The lowest BCUT2D eigenvalue weighted by molar-refractivity contribution is -0.139. The molecule has 1 amide bonds. The van der Waals surface area contributed by atoms with Gasteiger partial charge in [-0.15, -0.1) is 0 Å². The monoisotopic (exact) mass is 584 g/mol. The Balaban J connectivity index is 1.88. The van der Waals surface area contributed by atoms with E-state index < -0.39 is 17.9 Å². The molecule has 7 nitrogen and oxygen atoms in total. The van der Waals surface area contributed by atoms with Crippen LogP contribution in [0.4, 0.5) is 0 Å². The maximum absolute atomic E-state index is 13.4. The number of aryl methyl sites for hydroxylation is 1. The van der Waals surface area contributed by atoms with Gasteiger partial charge in [0.15, 0.2) is 0 Å². The molecule has 2 atom stereocenters. The highest BCUT2D eigenvalue weighted by molar-refractivity contribution is 7.99. The fourth-order valence-corrected chi connectivity index (χ4v) is 5.49. The van der Waals surface area contributed by atoms with Crippen molar-refractivity contribution in [3.8, 4) is 11.1 Å². The number of carboxylic acid groups (broad SMARTS) is 1. The second-order valence-electron chi connectivity index (χ2n) is 9.84. The molecule has 0 aliphatic heterocycles. The zero-order chi connectivity index (χ0) is 29.1. The van der Waals surface area contributed by atoms with E-state index in [9.17, 15) is 14.7 Å². The van der Waals surface area contributed by atoms with Crippen LogP contribution in [0.3, 0.4) is 0 Å². The first-order chi connectivity index (χ1) is 19.2. The topological polar surface area (TPSA) is 92.0 Å². The summed E-state index contributed by atoms with van der Waals surface area (Å²) in [5.41, 5.74) is 4.04. The Morgan fingerprint density at radius 2 is 1.88 bits per heavy atom. The highest BCUT2D eigenvalue weighted by atomic mass is 32.2. The molecule has 3 rings (SSSR count). The van der Waals surface area contributed by atoms with Crippen molar-refractivity contribution in [3.63, 3.8) is 0 Å². The minimum absolute atomic E-state index is 0.210. The quantitative estimate of drug-likeness (QED) is 0.204. The number of ether oxygens (including phenoxy) is 1. The van der Waals surface area contributed by atoms with Gasteiger partial charge in [0, 0.05) is 11.3 Å². The van der Waals surface area contributed by atoms with Gasteiger partial charge in [0.1, 0.15) is 23.7 Å². The van der Waals surface area contributed by atoms with E-state index in [-0.39, 0.29) is 6.10 Å². The summed E-state index contributed by atoms with van der Waals surface area (Å²) in [6.07, 6.45) is 2.06. The van der Waals surface area contributed by atoms with Gasteiger partial charge in [0.2, 0.25) is 0 Å². The number of rotatable bonds is 16. The molecule has 1 heterocycles. The van der Waals surface area contributed by atoms with Crippen molar-refractivity contribution in [2.75, 3.05) is 37.6 Å². The molecule has 216 valence electrons. The van der Waals surface area contributed by atoms with Gasteiger partial charge < -0.3 is 24.5 Å². The van der Waals surface area contributed by atoms with Gasteiger partial charge in [-0.1, -0.05) is 37.3 Å². The number of aliphatic carboxylic acids is 1. The summed E-state index contributed by atoms with van der Waals surface area (Å²) in [5, 5.41) is 12.4. The largest absolute Gasteiger partial charge is 0.480 e. The Morgan fingerprint density at radius 3 is 2.55 bits per heavy atom. The lowest BCUT2D eigenvalue weighted by Crippen LogP contribution is -2.41. The van der Waals surface area contributed by atoms with Crippen molar-refractivity contribution < 1.29 is 23.8 Å². The Morgan fingerprint density at radius 1 is 1.10 bits per heavy atom. The standard InChI is InChI=1S/C31H40N2O5S2/c1-6-40-20-29(28-14-12-23(38-28)18-33(3)4)37-19-22-11-13-25(26(17-22)24-10-8-7-9-21(24)2)30(34)32-27(31(35)36)15-16-39-5/h7-14,17,27,29H,6,15-16,18-20H2,1-5H3,(H,32,34)(H,35,36)/t27-,29+/m0/s1. The Labute approximate surface area is 246 Å². The van der Waals surface area contributed by atoms with Gasteiger partial charge in [0.25, 0.3) is 5.91 Å². The van der Waals surface area contributed by atoms with Crippen molar-refractivity contribution in [2.45, 2.75) is 45.6 Å². The van der Waals surface area contributed by atoms with Crippen LogP contribution in [0.25, 0.3) is 11.1 Å². The number of furan rings is 1. The molecule has 0 aliphatic carbocycles. The average Bonchev–Trinajstić information content (AvgIpc) is 3.38. The second kappa shape index (κ2) is 15.9. The van der Waals surface area contributed by atoms with E-state index in [1.807, 2.05) is 75.8 Å². The van der Waals surface area contributed by atoms with E-state index in [0.29, 0.717) is 24.3 Å². The lowest BCUT2D eigenvalue weighted by atomic mass is 9.93. The van der Waals surface area contributed by atoms with Crippen LogP contribution in [0.1, 0.15) is 52.5 Å². The van der Waals surface area contributed by atoms with Gasteiger partial charge in [-0.05, 0) is 91.7 Å². The van der Waals surface area contributed by atoms with Crippen molar-refractivity contribution in [2.24, 2.45) is 0 Å². The molecule has 3 aromatic rings. The van der Waals surface area contributed by atoms with Crippen LogP contribution in [0.5, 0.6) is 0 Å². The Kier molecular flexibility index (Phi) is 12.6. The number of benzene rings is 2. The van der Waals surface area contributed by atoms with Gasteiger partial charge in [-0.3, -0.25) is 4.79 Å². The third kappa shape index (κ3) is 9.16. The summed E-state index contributed by atoms with van der Waals surface area (Å²) in [4.78, 5) is 27.2. The predicted octanol–water partition coefficient (Wildman–Crippen LogP) is 6.26. The molecule has 1 aromatic heterocycles. The van der Waals surface area contributed by atoms with E-state index >= 15 is 0 Å². The van der Waals surface area contributed by atoms with E-state index in [2.05, 4.69) is 17.1 Å². The summed E-state index contributed by atoms with van der Waals surface area (Å²) in [6.45, 7) is 5.18. The molecule has 0 spiro atoms. The molecule has 9 heteroatoms. The molecule has 0 aliphatic rings. The number of carboxylic acids is 1. The first kappa shape index (κ1) is 31.8. The minimum Gasteiger partial charge on any atom is -0.480 e. The number of carbonyl (C=O) groups is 2. The molecule has 0 saturated heterocycles. The summed E-state index contributed by atoms with van der Waals surface area (Å²) >= 11 is 3.34. The fourth-order valence-electron chi connectivity index (χ4n) is 4.30. The van der Waals surface area contributed by atoms with Gasteiger partial charge in [-0.25, -0.2) is 4.79 Å². The minimum atomic E-state index is -1.03. The first-order valence-electron chi connectivity index (χ1n) is 13.4. The highest BCUT2D eigenvalue weighted by Crippen LogP contribution is 2.30. The van der Waals surface area contributed by atoms with Gasteiger partial charge in [-0.2, -0.15) is 23.5 Å². The smallest absolute Gasteiger partial charge is 0.326 e. The van der Waals surface area contributed by atoms with Crippen molar-refractivity contribution in [1.82, 2.24) is 10.2 Å². The van der Waals surface area contributed by atoms with E-state index in [1.54, 1.807) is 29.6 Å². The molecular formula is C31H40N2O5S2. The van der Waals surface area contributed by atoms with Crippen LogP contribution >= 0.6 is 23.5 Å². The third-order valence-corrected chi connectivity index (χ3v) is 7.96. The zero-order valence-electron chi connectivity index (χ0n) is 23.9. The van der Waals surface area contributed by atoms with Crippen LogP contribution in [0, 0.1) is 6.92 Å². The molecule has 0 fully saturated rings. The summed E-state index contributed by atoms with van der Waals surface area (Å²) in [5.74, 6) is 2.64. The van der Waals surface area contributed by atoms with E-state index in [4.69, 9.17) is 9.15 Å². The third-order valence-electron chi connectivity index (χ3n) is 6.37. The number of hydrogen-bond acceptors (Lipinski definition) is 7. The van der Waals surface area contributed by atoms with Crippen LogP contribution in [-0.2, 0) is 22.7 Å². The normalized spacial score (nSPS) is 12.8. The lowest BCUT2D eigenvalue weighted by Gasteiger charge is -2.19. The molecule has 0 saturated carbocycles. The maximum atomic E-state index is 13.4. The number of amides is 1. The Hall–Kier alpha value is -2.72. The van der Waals surface area contributed by atoms with Crippen LogP contribution < -0.4 is 5.32 Å². The summed E-state index contributed by atoms with van der Waals surface area (Å²) in [6, 6.07) is 16.5. The number of carbonyl (C=O) groups excluding carboxylic acids is 1. The molecule has 40 heavy (non-hydrogen) atoms. The zero-order valence-corrected chi connectivity index (χ0v) is 25.6. The maximum Gasteiger partial charge on any atom is 0.326 e. The van der Waals surface area contributed by atoms with Crippen molar-refractivity contribution >= 4 is 35.4 Å². The average molecular weight is 585 g/mol. The molecular weight excluding hydrogens is 544 g/mol.